The number of hydrogen-bond acceptors (Lipinski definition) is 3. The summed E-state index contributed by atoms with van der Waals surface area (Å²) in [5, 5.41) is 14.9. The van der Waals surface area contributed by atoms with Crippen LogP contribution in [0.25, 0.3) is 0 Å². The first-order chi connectivity index (χ1) is 9.97. The van der Waals surface area contributed by atoms with Crippen molar-refractivity contribution in [3.8, 4) is 0 Å². The van der Waals surface area contributed by atoms with Gasteiger partial charge in [0.1, 0.15) is 6.10 Å². The van der Waals surface area contributed by atoms with E-state index < -0.39 is 6.10 Å². The molecule has 0 aliphatic heterocycles. The first-order valence-corrected chi connectivity index (χ1v) is 7.86. The lowest BCUT2D eigenvalue weighted by Gasteiger charge is -2.16. The molecule has 21 heavy (non-hydrogen) atoms. The minimum Gasteiger partial charge on any atom is -0.386 e. The van der Waals surface area contributed by atoms with Gasteiger partial charge in [-0.25, -0.2) is 0 Å². The Morgan fingerprint density at radius 2 is 1.95 bits per heavy atom. The molecule has 0 spiro atoms. The lowest BCUT2D eigenvalue weighted by Crippen LogP contribution is -2.21. The fourth-order valence-electron chi connectivity index (χ4n) is 2.22. The molecule has 0 amide bonds. The molecule has 0 aliphatic carbocycles. The van der Waals surface area contributed by atoms with Crippen molar-refractivity contribution in [2.75, 3.05) is 20.6 Å². The van der Waals surface area contributed by atoms with Crippen molar-refractivity contribution in [3.05, 3.63) is 51.8 Å². The zero-order valence-corrected chi connectivity index (χ0v) is 14.3. The van der Waals surface area contributed by atoms with Crippen molar-refractivity contribution in [2.45, 2.75) is 26.0 Å². The number of halogens is 1. The summed E-state index contributed by atoms with van der Waals surface area (Å²) >= 11 is 3.49. The molecule has 1 heterocycles. The number of benzene rings is 1. The average molecular weight is 352 g/mol. The van der Waals surface area contributed by atoms with Crippen molar-refractivity contribution in [1.29, 1.82) is 0 Å². The van der Waals surface area contributed by atoms with Crippen LogP contribution in [0.1, 0.15) is 22.9 Å². The van der Waals surface area contributed by atoms with E-state index in [-0.39, 0.29) is 0 Å². The van der Waals surface area contributed by atoms with E-state index in [4.69, 9.17) is 0 Å². The van der Waals surface area contributed by atoms with Crippen molar-refractivity contribution < 1.29 is 5.11 Å². The lowest BCUT2D eigenvalue weighted by atomic mass is 10.0. The predicted molar refractivity (Wildman–Crippen MR) is 88.3 cm³/mol. The molecule has 0 bridgehead atoms. The van der Waals surface area contributed by atoms with Gasteiger partial charge >= 0.3 is 0 Å². The van der Waals surface area contributed by atoms with Crippen LogP contribution in [0.4, 0.5) is 0 Å². The Hall–Kier alpha value is -1.17. The maximum Gasteiger partial charge on any atom is 0.101 e. The molecule has 0 saturated heterocycles. The summed E-state index contributed by atoms with van der Waals surface area (Å²) in [5.41, 5.74) is 3.20. The third kappa shape index (κ3) is 4.40. The number of hydrogen-bond donors (Lipinski definition) is 1. The molecule has 2 rings (SSSR count). The van der Waals surface area contributed by atoms with Gasteiger partial charge in [0.05, 0.1) is 22.9 Å². The van der Waals surface area contributed by atoms with Gasteiger partial charge < -0.3 is 10.0 Å². The number of aliphatic hydroxyl groups is 1. The van der Waals surface area contributed by atoms with Gasteiger partial charge in [0.25, 0.3) is 0 Å². The molecule has 1 aromatic carbocycles. The molecule has 1 atom stereocenters. The number of likely N-dealkylation sites (N-methyl/N-ethyl adjacent to an activating group) is 1. The molecule has 0 radical (unpaired) electrons. The molecule has 1 N–H and O–H groups in total. The Kier molecular flexibility index (Phi) is 5.56. The highest BCUT2D eigenvalue weighted by Gasteiger charge is 2.18. The third-order valence-electron chi connectivity index (χ3n) is 3.46. The number of rotatable bonds is 6. The van der Waals surface area contributed by atoms with Crippen LogP contribution in [-0.4, -0.2) is 40.4 Å². The quantitative estimate of drug-likeness (QED) is 0.869. The van der Waals surface area contributed by atoms with E-state index in [1.165, 1.54) is 5.56 Å². The summed E-state index contributed by atoms with van der Waals surface area (Å²) in [5.74, 6) is 0. The molecule has 0 saturated carbocycles. The van der Waals surface area contributed by atoms with Crippen molar-refractivity contribution >= 4 is 15.9 Å². The second kappa shape index (κ2) is 7.20. The van der Waals surface area contributed by atoms with Crippen molar-refractivity contribution in [2.24, 2.45) is 0 Å². The van der Waals surface area contributed by atoms with Crippen LogP contribution >= 0.6 is 15.9 Å². The summed E-state index contributed by atoms with van der Waals surface area (Å²) in [6.45, 7) is 3.71. The molecule has 1 unspecified atom stereocenters. The van der Waals surface area contributed by atoms with E-state index in [1.807, 2.05) is 18.8 Å². The monoisotopic (exact) mass is 351 g/mol. The van der Waals surface area contributed by atoms with Crippen molar-refractivity contribution in [1.82, 2.24) is 14.7 Å². The van der Waals surface area contributed by atoms with E-state index in [0.717, 1.165) is 28.8 Å². The molecule has 5 heteroatoms. The molecular formula is C16H22BrN3O. The highest BCUT2D eigenvalue weighted by atomic mass is 79.9. The molecule has 114 valence electrons. The van der Waals surface area contributed by atoms with Gasteiger partial charge in [0.15, 0.2) is 0 Å². The second-order valence-electron chi connectivity index (χ2n) is 5.61. The smallest absolute Gasteiger partial charge is 0.101 e. The highest BCUT2D eigenvalue weighted by molar-refractivity contribution is 9.10. The first-order valence-electron chi connectivity index (χ1n) is 7.07. The summed E-state index contributed by atoms with van der Waals surface area (Å²) in [6, 6.07) is 8.26. The van der Waals surface area contributed by atoms with Gasteiger partial charge in [0.2, 0.25) is 0 Å². The van der Waals surface area contributed by atoms with E-state index in [2.05, 4.69) is 57.1 Å². The van der Waals surface area contributed by atoms with E-state index >= 15 is 0 Å². The fraction of sp³-hybridized carbons (Fsp3) is 0.438. The fourth-order valence-corrected chi connectivity index (χ4v) is 2.78. The largest absolute Gasteiger partial charge is 0.386 e. The molecule has 4 nitrogen and oxygen atoms in total. The standard InChI is InChI=1S/C16H22BrN3O/c1-12-4-6-13(7-5-12)10-15(21)16-14(17)11-18-20(16)9-8-19(2)3/h4-7,11,15,21H,8-10H2,1-3H3. The van der Waals surface area contributed by atoms with Gasteiger partial charge in [-0.05, 0) is 42.5 Å². The molecule has 0 fully saturated rings. The molecular weight excluding hydrogens is 330 g/mol. The Bertz CT molecular complexity index is 578. The van der Waals surface area contributed by atoms with Crippen LogP contribution < -0.4 is 0 Å². The highest BCUT2D eigenvalue weighted by Crippen LogP contribution is 2.26. The van der Waals surface area contributed by atoms with Gasteiger partial charge in [-0.3, -0.25) is 4.68 Å². The van der Waals surface area contributed by atoms with E-state index in [1.54, 1.807) is 6.20 Å². The molecule has 1 aromatic heterocycles. The summed E-state index contributed by atoms with van der Waals surface area (Å²) in [7, 11) is 4.06. The van der Waals surface area contributed by atoms with Gasteiger partial charge in [0, 0.05) is 13.0 Å². The maximum absolute atomic E-state index is 10.6. The molecule has 0 aliphatic rings. The van der Waals surface area contributed by atoms with Crippen LogP contribution in [0.3, 0.4) is 0 Å². The Labute approximate surface area is 134 Å². The number of aliphatic hydroxyl groups excluding tert-OH is 1. The van der Waals surface area contributed by atoms with Crippen LogP contribution in [0.15, 0.2) is 34.9 Å². The zero-order valence-electron chi connectivity index (χ0n) is 12.8. The zero-order chi connectivity index (χ0) is 15.4. The third-order valence-corrected chi connectivity index (χ3v) is 4.07. The summed E-state index contributed by atoms with van der Waals surface area (Å²) in [4.78, 5) is 2.10. The van der Waals surface area contributed by atoms with E-state index in [9.17, 15) is 5.11 Å². The molecule has 2 aromatic rings. The van der Waals surface area contributed by atoms with Gasteiger partial charge in [-0.2, -0.15) is 5.10 Å². The Balaban J connectivity index is 2.12. The summed E-state index contributed by atoms with van der Waals surface area (Å²) < 4.78 is 2.74. The average Bonchev–Trinajstić information content (AvgIpc) is 2.80. The number of aryl methyl sites for hydroxylation is 1. The maximum atomic E-state index is 10.6. The van der Waals surface area contributed by atoms with Gasteiger partial charge in [-0.15, -0.1) is 0 Å². The SMILES string of the molecule is Cc1ccc(CC(O)c2c(Br)cnn2CCN(C)C)cc1. The number of nitrogens with zero attached hydrogens (tertiary/aromatic N) is 3. The van der Waals surface area contributed by atoms with Crippen molar-refractivity contribution in [3.63, 3.8) is 0 Å². The van der Waals surface area contributed by atoms with E-state index in [0.29, 0.717) is 6.42 Å². The summed E-state index contributed by atoms with van der Waals surface area (Å²) in [6.07, 6.45) is 1.78. The number of aromatic nitrogens is 2. The van der Waals surface area contributed by atoms with Crippen LogP contribution in [0, 0.1) is 6.92 Å². The topological polar surface area (TPSA) is 41.3 Å². The van der Waals surface area contributed by atoms with Crippen LogP contribution in [-0.2, 0) is 13.0 Å². The minimum absolute atomic E-state index is 0.563. The minimum atomic E-state index is -0.563. The predicted octanol–water partition coefficient (Wildman–Crippen LogP) is 2.79. The normalized spacial score (nSPS) is 12.9. The second-order valence-corrected chi connectivity index (χ2v) is 6.46. The lowest BCUT2D eigenvalue weighted by molar-refractivity contribution is 0.164. The Morgan fingerprint density at radius 3 is 2.57 bits per heavy atom. The van der Waals surface area contributed by atoms with Crippen LogP contribution in [0.2, 0.25) is 0 Å². The van der Waals surface area contributed by atoms with Gasteiger partial charge in [-0.1, -0.05) is 29.8 Å². The van der Waals surface area contributed by atoms with Crippen LogP contribution in [0.5, 0.6) is 0 Å². The Morgan fingerprint density at radius 1 is 1.29 bits per heavy atom. The first kappa shape index (κ1) is 16.2.